The first-order chi connectivity index (χ1) is 10.8. The zero-order valence-electron chi connectivity index (χ0n) is 14.1. The van der Waals surface area contributed by atoms with Crippen LogP contribution in [0.5, 0.6) is 0 Å². The molecule has 2 aliphatic heterocycles. The molecule has 0 saturated carbocycles. The van der Waals surface area contributed by atoms with Crippen LogP contribution >= 0.6 is 24.8 Å². The summed E-state index contributed by atoms with van der Waals surface area (Å²) in [6.07, 6.45) is 6.97. The first kappa shape index (κ1) is 21.2. The largest absolute Gasteiger partial charge is 0.340 e. The molecule has 0 aliphatic carbocycles. The highest BCUT2D eigenvalue weighted by Crippen LogP contribution is 2.19. The Morgan fingerprint density at radius 2 is 1.83 bits per heavy atom. The molecule has 2 saturated heterocycles. The van der Waals surface area contributed by atoms with Gasteiger partial charge >= 0.3 is 0 Å². The van der Waals surface area contributed by atoms with Crippen molar-refractivity contribution in [1.82, 2.24) is 24.9 Å². The van der Waals surface area contributed by atoms with E-state index in [4.69, 9.17) is 0 Å². The van der Waals surface area contributed by atoms with Crippen LogP contribution in [0.3, 0.4) is 0 Å². The number of amides is 1. The fourth-order valence-electron chi connectivity index (χ4n) is 3.39. The lowest BCUT2D eigenvalue weighted by Crippen LogP contribution is -2.47. The molecule has 138 valence electrons. The van der Waals surface area contributed by atoms with Crippen molar-refractivity contribution in [2.75, 3.05) is 45.8 Å². The Hall–Kier alpha value is -0.820. The van der Waals surface area contributed by atoms with Gasteiger partial charge in [-0.15, -0.1) is 24.8 Å². The number of likely N-dealkylation sites (tertiary alicyclic amines) is 1. The van der Waals surface area contributed by atoms with Crippen molar-refractivity contribution in [3.05, 3.63) is 18.5 Å². The summed E-state index contributed by atoms with van der Waals surface area (Å²) in [5, 5.41) is 7.57. The van der Waals surface area contributed by atoms with E-state index < -0.39 is 0 Å². The minimum atomic E-state index is 0. The number of carbonyl (C=O) groups is 1. The van der Waals surface area contributed by atoms with Crippen LogP contribution in [0.2, 0.25) is 0 Å². The zero-order chi connectivity index (χ0) is 15.2. The number of rotatable bonds is 5. The molecule has 1 aromatic heterocycles. The van der Waals surface area contributed by atoms with E-state index in [-0.39, 0.29) is 24.8 Å². The highest BCUT2D eigenvalue weighted by Gasteiger charge is 2.21. The van der Waals surface area contributed by atoms with E-state index in [2.05, 4.69) is 15.3 Å². The van der Waals surface area contributed by atoms with Crippen LogP contribution in [-0.4, -0.2) is 71.3 Å². The quantitative estimate of drug-likeness (QED) is 0.838. The van der Waals surface area contributed by atoms with Crippen molar-refractivity contribution in [3.63, 3.8) is 0 Å². The molecule has 0 aromatic carbocycles. The van der Waals surface area contributed by atoms with Gasteiger partial charge in [0.15, 0.2) is 0 Å². The minimum absolute atomic E-state index is 0. The molecule has 0 atom stereocenters. The molecular formula is C16H29Cl2N5O. The Bertz CT molecular complexity index is 457. The Morgan fingerprint density at radius 1 is 1.12 bits per heavy atom. The van der Waals surface area contributed by atoms with Crippen LogP contribution in [0.15, 0.2) is 18.5 Å². The molecule has 8 heteroatoms. The molecule has 3 rings (SSSR count). The molecule has 1 N–H and O–H groups in total. The second kappa shape index (κ2) is 10.9. The van der Waals surface area contributed by atoms with Crippen molar-refractivity contribution in [2.45, 2.75) is 25.8 Å². The average molecular weight is 378 g/mol. The number of halogens is 2. The lowest BCUT2D eigenvalue weighted by atomic mass is 9.97. The standard InChI is InChI=1S/C16H27N5O.2ClH/c22-16(20-12-6-17-7-13-20)4-11-19-9-2-15(3-10-19)14-21-8-1-5-18-21;;/h1,5,8,15,17H,2-4,6-7,9-14H2;2*1H. The molecule has 0 bridgehead atoms. The normalized spacial score (nSPS) is 19.4. The SMILES string of the molecule is Cl.Cl.O=C(CCN1CCC(Cn2cccn2)CC1)N1CCNCC1. The Kier molecular flexibility index (Phi) is 9.66. The smallest absolute Gasteiger partial charge is 0.223 e. The van der Waals surface area contributed by atoms with E-state index >= 15 is 0 Å². The monoisotopic (exact) mass is 377 g/mol. The Morgan fingerprint density at radius 3 is 2.46 bits per heavy atom. The zero-order valence-corrected chi connectivity index (χ0v) is 15.7. The van der Waals surface area contributed by atoms with Crippen LogP contribution in [0.1, 0.15) is 19.3 Å². The summed E-state index contributed by atoms with van der Waals surface area (Å²) < 4.78 is 2.04. The second-order valence-corrected chi connectivity index (χ2v) is 6.39. The van der Waals surface area contributed by atoms with Gasteiger partial charge in [-0.1, -0.05) is 0 Å². The van der Waals surface area contributed by atoms with E-state index in [0.717, 1.165) is 58.3 Å². The van der Waals surface area contributed by atoms with E-state index in [1.165, 1.54) is 12.8 Å². The maximum absolute atomic E-state index is 12.2. The van der Waals surface area contributed by atoms with Gasteiger partial charge in [-0.05, 0) is 37.9 Å². The molecule has 1 amide bonds. The van der Waals surface area contributed by atoms with Crippen molar-refractivity contribution in [1.29, 1.82) is 0 Å². The number of piperidine rings is 1. The number of piperazine rings is 1. The summed E-state index contributed by atoms with van der Waals surface area (Å²) in [6, 6.07) is 1.98. The van der Waals surface area contributed by atoms with Gasteiger partial charge in [0.1, 0.15) is 0 Å². The molecule has 1 aromatic rings. The van der Waals surface area contributed by atoms with E-state index in [1.54, 1.807) is 0 Å². The summed E-state index contributed by atoms with van der Waals surface area (Å²) >= 11 is 0. The van der Waals surface area contributed by atoms with Gasteiger partial charge < -0.3 is 15.1 Å². The number of nitrogens with zero attached hydrogens (tertiary/aromatic N) is 4. The third kappa shape index (κ3) is 6.24. The van der Waals surface area contributed by atoms with E-state index in [1.807, 2.05) is 28.0 Å². The number of hydrogen-bond donors (Lipinski definition) is 1. The number of hydrogen-bond acceptors (Lipinski definition) is 4. The fraction of sp³-hybridized carbons (Fsp3) is 0.750. The highest BCUT2D eigenvalue weighted by molar-refractivity contribution is 5.85. The van der Waals surface area contributed by atoms with Gasteiger partial charge in [-0.3, -0.25) is 9.48 Å². The number of carbonyl (C=O) groups excluding carboxylic acids is 1. The van der Waals surface area contributed by atoms with Gasteiger partial charge in [0, 0.05) is 58.1 Å². The Balaban J connectivity index is 0.00000144. The molecule has 2 aliphatic rings. The number of aromatic nitrogens is 2. The molecule has 0 spiro atoms. The predicted molar refractivity (Wildman–Crippen MR) is 100.0 cm³/mol. The summed E-state index contributed by atoms with van der Waals surface area (Å²) in [4.78, 5) is 16.6. The average Bonchev–Trinajstić information content (AvgIpc) is 3.08. The van der Waals surface area contributed by atoms with Crippen LogP contribution in [0, 0.1) is 5.92 Å². The predicted octanol–water partition coefficient (Wildman–Crippen LogP) is 1.26. The molecule has 6 nitrogen and oxygen atoms in total. The van der Waals surface area contributed by atoms with Crippen molar-refractivity contribution in [2.24, 2.45) is 5.92 Å². The van der Waals surface area contributed by atoms with Crippen molar-refractivity contribution in [3.8, 4) is 0 Å². The number of nitrogens with one attached hydrogen (secondary N) is 1. The topological polar surface area (TPSA) is 53.4 Å². The van der Waals surface area contributed by atoms with Crippen LogP contribution in [0.25, 0.3) is 0 Å². The lowest BCUT2D eigenvalue weighted by Gasteiger charge is -2.33. The molecule has 0 unspecified atom stereocenters. The molecule has 2 fully saturated rings. The third-order valence-corrected chi connectivity index (χ3v) is 4.82. The van der Waals surface area contributed by atoms with E-state index in [0.29, 0.717) is 12.3 Å². The minimum Gasteiger partial charge on any atom is -0.340 e. The fourth-order valence-corrected chi connectivity index (χ4v) is 3.39. The Labute approximate surface area is 156 Å². The maximum atomic E-state index is 12.2. The highest BCUT2D eigenvalue weighted by atomic mass is 35.5. The first-order valence-corrected chi connectivity index (χ1v) is 8.49. The van der Waals surface area contributed by atoms with Gasteiger partial charge in [-0.25, -0.2) is 0 Å². The van der Waals surface area contributed by atoms with Crippen LogP contribution in [-0.2, 0) is 11.3 Å². The lowest BCUT2D eigenvalue weighted by molar-refractivity contribution is -0.132. The van der Waals surface area contributed by atoms with Crippen molar-refractivity contribution >= 4 is 30.7 Å². The second-order valence-electron chi connectivity index (χ2n) is 6.39. The van der Waals surface area contributed by atoms with Gasteiger partial charge in [-0.2, -0.15) is 5.10 Å². The molecular weight excluding hydrogens is 349 g/mol. The third-order valence-electron chi connectivity index (χ3n) is 4.82. The van der Waals surface area contributed by atoms with Gasteiger partial charge in [0.05, 0.1) is 0 Å². The molecule has 3 heterocycles. The van der Waals surface area contributed by atoms with Gasteiger partial charge in [0.2, 0.25) is 5.91 Å². The van der Waals surface area contributed by atoms with E-state index in [9.17, 15) is 4.79 Å². The summed E-state index contributed by atoms with van der Waals surface area (Å²) in [5.74, 6) is 1.04. The first-order valence-electron chi connectivity index (χ1n) is 8.49. The van der Waals surface area contributed by atoms with Gasteiger partial charge in [0.25, 0.3) is 0 Å². The molecule has 24 heavy (non-hydrogen) atoms. The summed E-state index contributed by atoms with van der Waals surface area (Å²) in [7, 11) is 0. The van der Waals surface area contributed by atoms with Crippen LogP contribution < -0.4 is 5.32 Å². The summed E-state index contributed by atoms with van der Waals surface area (Å²) in [6.45, 7) is 7.77. The molecule has 0 radical (unpaired) electrons. The van der Waals surface area contributed by atoms with Crippen molar-refractivity contribution < 1.29 is 4.79 Å². The van der Waals surface area contributed by atoms with Crippen LogP contribution in [0.4, 0.5) is 0 Å². The summed E-state index contributed by atoms with van der Waals surface area (Å²) in [5.41, 5.74) is 0. The maximum Gasteiger partial charge on any atom is 0.223 e.